The molecule has 0 saturated carbocycles. The predicted molar refractivity (Wildman–Crippen MR) is 97.7 cm³/mol. The number of carbonyl (C=O) groups is 1. The van der Waals surface area contributed by atoms with Gasteiger partial charge >= 0.3 is 5.97 Å². The van der Waals surface area contributed by atoms with Gasteiger partial charge < -0.3 is 9.30 Å². The molecular weight excluding hydrogens is 356 g/mol. The Labute approximate surface area is 152 Å². The molecule has 1 aromatic heterocycles. The summed E-state index contributed by atoms with van der Waals surface area (Å²) >= 11 is 0. The molecule has 26 heavy (non-hydrogen) atoms. The molecule has 0 amide bonds. The number of carbonyl (C=O) groups excluding carboxylic acids is 1. The second kappa shape index (κ2) is 8.29. The standard InChI is InChI=1S/C18H22N2O5S/c1-4-20(5-2)26(23,24)16-10-11-17(21)19(13-16)12-14-6-8-15(9-7-14)18(22)25-3/h6-11,13H,4-5,12H2,1-3H3. The van der Waals surface area contributed by atoms with Crippen molar-refractivity contribution in [3.05, 3.63) is 64.1 Å². The highest BCUT2D eigenvalue weighted by Gasteiger charge is 2.22. The molecule has 8 heteroatoms. The van der Waals surface area contributed by atoms with E-state index < -0.39 is 16.0 Å². The summed E-state index contributed by atoms with van der Waals surface area (Å²) in [4.78, 5) is 23.7. The summed E-state index contributed by atoms with van der Waals surface area (Å²) in [6.07, 6.45) is 1.35. The van der Waals surface area contributed by atoms with Crippen LogP contribution in [0.4, 0.5) is 0 Å². The normalized spacial score (nSPS) is 11.5. The van der Waals surface area contributed by atoms with Crippen LogP contribution in [0.5, 0.6) is 0 Å². The third kappa shape index (κ3) is 4.20. The second-order valence-electron chi connectivity index (χ2n) is 5.61. The van der Waals surface area contributed by atoms with Gasteiger partial charge in [-0.05, 0) is 23.8 Å². The van der Waals surface area contributed by atoms with E-state index in [0.29, 0.717) is 18.7 Å². The highest BCUT2D eigenvalue weighted by molar-refractivity contribution is 7.89. The number of hydrogen-bond acceptors (Lipinski definition) is 5. The number of hydrogen-bond donors (Lipinski definition) is 0. The number of aromatic nitrogens is 1. The van der Waals surface area contributed by atoms with E-state index in [9.17, 15) is 18.0 Å². The number of nitrogens with zero attached hydrogens (tertiary/aromatic N) is 2. The maximum absolute atomic E-state index is 12.6. The highest BCUT2D eigenvalue weighted by Crippen LogP contribution is 2.14. The van der Waals surface area contributed by atoms with Gasteiger partial charge in [0, 0.05) is 25.4 Å². The molecule has 0 N–H and O–H groups in total. The third-order valence-corrected chi connectivity index (χ3v) is 6.06. The van der Waals surface area contributed by atoms with Gasteiger partial charge in [0.25, 0.3) is 5.56 Å². The largest absolute Gasteiger partial charge is 0.465 e. The van der Waals surface area contributed by atoms with Gasteiger partial charge in [-0.25, -0.2) is 13.2 Å². The number of ether oxygens (including phenoxy) is 1. The van der Waals surface area contributed by atoms with Crippen LogP contribution < -0.4 is 5.56 Å². The van der Waals surface area contributed by atoms with E-state index in [1.807, 2.05) is 0 Å². The number of methoxy groups -OCH3 is 1. The summed E-state index contributed by atoms with van der Waals surface area (Å²) in [6, 6.07) is 9.17. The highest BCUT2D eigenvalue weighted by atomic mass is 32.2. The zero-order chi connectivity index (χ0) is 19.3. The first-order valence-electron chi connectivity index (χ1n) is 8.21. The minimum atomic E-state index is -3.64. The molecule has 7 nitrogen and oxygen atoms in total. The summed E-state index contributed by atoms with van der Waals surface area (Å²) in [7, 11) is -2.34. The molecule has 0 unspecified atom stereocenters. The Kier molecular flexibility index (Phi) is 6.33. The maximum Gasteiger partial charge on any atom is 0.337 e. The Morgan fingerprint density at radius 3 is 2.23 bits per heavy atom. The number of sulfonamides is 1. The third-order valence-electron chi connectivity index (χ3n) is 4.03. The number of esters is 1. The van der Waals surface area contributed by atoms with Gasteiger partial charge in [-0.2, -0.15) is 4.31 Å². The van der Waals surface area contributed by atoms with E-state index >= 15 is 0 Å². The minimum absolute atomic E-state index is 0.0759. The first-order chi connectivity index (χ1) is 12.3. The van der Waals surface area contributed by atoms with E-state index in [2.05, 4.69) is 4.74 Å². The molecule has 0 aliphatic heterocycles. The van der Waals surface area contributed by atoms with Crippen LogP contribution in [-0.4, -0.2) is 43.5 Å². The Morgan fingerprint density at radius 1 is 1.08 bits per heavy atom. The van der Waals surface area contributed by atoms with E-state index in [1.54, 1.807) is 38.1 Å². The van der Waals surface area contributed by atoms with Crippen molar-refractivity contribution in [1.29, 1.82) is 0 Å². The van der Waals surface area contributed by atoms with Crippen LogP contribution in [0.25, 0.3) is 0 Å². The molecule has 0 spiro atoms. The number of benzene rings is 1. The molecule has 140 valence electrons. The first kappa shape index (κ1) is 19.9. The Bertz CT molecular complexity index is 929. The van der Waals surface area contributed by atoms with Crippen molar-refractivity contribution in [2.45, 2.75) is 25.3 Å². The van der Waals surface area contributed by atoms with Crippen molar-refractivity contribution in [3.63, 3.8) is 0 Å². The monoisotopic (exact) mass is 378 g/mol. The fourth-order valence-corrected chi connectivity index (χ4v) is 4.04. The first-order valence-corrected chi connectivity index (χ1v) is 9.65. The van der Waals surface area contributed by atoms with Gasteiger partial charge in [0.2, 0.25) is 10.0 Å². The Hall–Kier alpha value is -2.45. The van der Waals surface area contributed by atoms with E-state index in [1.165, 1.54) is 34.3 Å². The van der Waals surface area contributed by atoms with Gasteiger partial charge in [0.1, 0.15) is 0 Å². The summed E-state index contributed by atoms with van der Waals surface area (Å²) in [5.74, 6) is -0.443. The molecule has 1 aromatic carbocycles. The molecule has 2 aromatic rings. The van der Waals surface area contributed by atoms with Gasteiger partial charge in [-0.1, -0.05) is 26.0 Å². The van der Waals surface area contributed by atoms with Gasteiger partial charge in [-0.15, -0.1) is 0 Å². The average Bonchev–Trinajstić information content (AvgIpc) is 2.64. The van der Waals surface area contributed by atoms with Crippen molar-refractivity contribution >= 4 is 16.0 Å². The topological polar surface area (TPSA) is 85.7 Å². The van der Waals surface area contributed by atoms with Crippen LogP contribution in [0.2, 0.25) is 0 Å². The van der Waals surface area contributed by atoms with Gasteiger partial charge in [0.05, 0.1) is 24.1 Å². The van der Waals surface area contributed by atoms with E-state index in [0.717, 1.165) is 5.56 Å². The summed E-state index contributed by atoms with van der Waals surface area (Å²) < 4.78 is 32.6. The van der Waals surface area contributed by atoms with Gasteiger partial charge in [0.15, 0.2) is 0 Å². The summed E-state index contributed by atoms with van der Waals surface area (Å²) in [5.41, 5.74) is 0.860. The predicted octanol–water partition coefficient (Wildman–Crippen LogP) is 1.71. The lowest BCUT2D eigenvalue weighted by Crippen LogP contribution is -2.32. The molecule has 0 fully saturated rings. The molecule has 2 rings (SSSR count). The van der Waals surface area contributed by atoms with E-state index in [-0.39, 0.29) is 17.0 Å². The zero-order valence-electron chi connectivity index (χ0n) is 15.0. The molecule has 0 aliphatic rings. The quantitative estimate of drug-likeness (QED) is 0.685. The van der Waals surface area contributed by atoms with Crippen molar-refractivity contribution in [2.24, 2.45) is 0 Å². The van der Waals surface area contributed by atoms with Crippen LogP contribution in [0.3, 0.4) is 0 Å². The van der Waals surface area contributed by atoms with Crippen LogP contribution in [0.15, 0.2) is 52.3 Å². The molecular formula is C18H22N2O5S. The smallest absolute Gasteiger partial charge is 0.337 e. The fourth-order valence-electron chi connectivity index (χ4n) is 2.56. The fraction of sp³-hybridized carbons (Fsp3) is 0.333. The van der Waals surface area contributed by atoms with Crippen molar-refractivity contribution < 1.29 is 17.9 Å². The average molecular weight is 378 g/mol. The maximum atomic E-state index is 12.6. The second-order valence-corrected chi connectivity index (χ2v) is 7.55. The van der Waals surface area contributed by atoms with Gasteiger partial charge in [-0.3, -0.25) is 4.79 Å². The van der Waals surface area contributed by atoms with Crippen molar-refractivity contribution in [2.75, 3.05) is 20.2 Å². The molecule has 0 aliphatic carbocycles. The van der Waals surface area contributed by atoms with Crippen LogP contribution in [-0.2, 0) is 21.3 Å². The molecule has 0 atom stereocenters. The van der Waals surface area contributed by atoms with Crippen molar-refractivity contribution in [3.8, 4) is 0 Å². The Balaban J connectivity index is 2.33. The number of rotatable bonds is 7. The van der Waals surface area contributed by atoms with Crippen LogP contribution in [0.1, 0.15) is 29.8 Å². The van der Waals surface area contributed by atoms with Crippen molar-refractivity contribution in [1.82, 2.24) is 8.87 Å². The lowest BCUT2D eigenvalue weighted by molar-refractivity contribution is 0.0600. The molecule has 1 heterocycles. The lowest BCUT2D eigenvalue weighted by Gasteiger charge is -2.19. The lowest BCUT2D eigenvalue weighted by atomic mass is 10.1. The minimum Gasteiger partial charge on any atom is -0.465 e. The van der Waals surface area contributed by atoms with Crippen LogP contribution in [0, 0.1) is 0 Å². The summed E-state index contributed by atoms with van der Waals surface area (Å²) in [6.45, 7) is 4.43. The molecule has 0 radical (unpaired) electrons. The van der Waals surface area contributed by atoms with Crippen LogP contribution >= 0.6 is 0 Å². The Morgan fingerprint density at radius 2 is 1.69 bits per heavy atom. The molecule has 0 saturated heterocycles. The number of pyridine rings is 1. The SMILES string of the molecule is CCN(CC)S(=O)(=O)c1ccc(=O)n(Cc2ccc(C(=O)OC)cc2)c1. The van der Waals surface area contributed by atoms with E-state index in [4.69, 9.17) is 0 Å². The summed E-state index contributed by atoms with van der Waals surface area (Å²) in [5, 5.41) is 0. The zero-order valence-corrected chi connectivity index (χ0v) is 15.8. The molecule has 0 bridgehead atoms.